The van der Waals surface area contributed by atoms with E-state index in [1.165, 1.54) is 6.08 Å². The van der Waals surface area contributed by atoms with E-state index >= 15 is 0 Å². The van der Waals surface area contributed by atoms with Crippen molar-refractivity contribution in [3.8, 4) is 5.75 Å². The molecule has 0 aliphatic heterocycles. The monoisotopic (exact) mass is 407 g/mol. The van der Waals surface area contributed by atoms with Crippen LogP contribution in [0.4, 0.5) is 0 Å². The van der Waals surface area contributed by atoms with Gasteiger partial charge in [0, 0.05) is 21.7 Å². The zero-order valence-corrected chi connectivity index (χ0v) is 16.1. The van der Waals surface area contributed by atoms with Gasteiger partial charge in [-0.3, -0.25) is 4.79 Å². The Morgan fingerprint density at radius 2 is 1.59 bits per heavy atom. The Kier molecular flexibility index (Phi) is 6.66. The first kappa shape index (κ1) is 20.2. The van der Waals surface area contributed by atoms with E-state index in [0.717, 1.165) is 5.56 Å². The lowest BCUT2D eigenvalue weighted by atomic mass is 10.1. The molecular weight excluding hydrogens is 390 g/mol. The summed E-state index contributed by atoms with van der Waals surface area (Å²) >= 11 is 6.15. The van der Waals surface area contributed by atoms with Gasteiger partial charge >= 0.3 is 5.97 Å². The van der Waals surface area contributed by atoms with Crippen molar-refractivity contribution in [3.63, 3.8) is 0 Å². The van der Waals surface area contributed by atoms with Gasteiger partial charge < -0.3 is 15.2 Å². The third kappa shape index (κ3) is 5.46. The van der Waals surface area contributed by atoms with E-state index in [-0.39, 0.29) is 12.3 Å². The molecule has 5 nitrogen and oxygen atoms in total. The quantitative estimate of drug-likeness (QED) is 0.553. The number of carbonyl (C=O) groups excluding carboxylic acids is 1. The second kappa shape index (κ2) is 9.57. The number of amides is 1. The minimum atomic E-state index is -1.25. The lowest BCUT2D eigenvalue weighted by Gasteiger charge is -2.11. The molecule has 29 heavy (non-hydrogen) atoms. The molecular formula is C23H18ClNO4. The average Bonchev–Trinajstić information content (AvgIpc) is 2.74. The summed E-state index contributed by atoms with van der Waals surface area (Å²) in [4.78, 5) is 24.0. The van der Waals surface area contributed by atoms with E-state index in [9.17, 15) is 14.7 Å². The van der Waals surface area contributed by atoms with Crippen LogP contribution in [0, 0.1) is 0 Å². The second-order valence-electron chi connectivity index (χ2n) is 6.10. The third-order valence-corrected chi connectivity index (χ3v) is 4.44. The molecule has 0 radical (unpaired) electrons. The van der Waals surface area contributed by atoms with Crippen LogP contribution in [0.3, 0.4) is 0 Å². The number of ether oxygens (including phenoxy) is 1. The summed E-state index contributed by atoms with van der Waals surface area (Å²) in [5, 5.41) is 12.5. The molecule has 0 atom stereocenters. The topological polar surface area (TPSA) is 75.6 Å². The van der Waals surface area contributed by atoms with E-state index < -0.39 is 11.9 Å². The highest BCUT2D eigenvalue weighted by molar-refractivity contribution is 6.31. The van der Waals surface area contributed by atoms with Crippen LogP contribution < -0.4 is 10.1 Å². The lowest BCUT2D eigenvalue weighted by molar-refractivity contribution is -0.132. The SMILES string of the molecule is O=C(O)C(=Cc1ccccc1OCc1ccccc1Cl)NC(=O)c1ccccc1. The van der Waals surface area contributed by atoms with Gasteiger partial charge in [-0.25, -0.2) is 4.79 Å². The summed E-state index contributed by atoms with van der Waals surface area (Å²) in [7, 11) is 0. The van der Waals surface area contributed by atoms with Gasteiger partial charge in [0.1, 0.15) is 18.1 Å². The number of nitrogens with one attached hydrogen (secondary N) is 1. The number of rotatable bonds is 7. The van der Waals surface area contributed by atoms with Crippen molar-refractivity contribution in [3.05, 3.63) is 106 Å². The van der Waals surface area contributed by atoms with Crippen molar-refractivity contribution in [2.75, 3.05) is 0 Å². The average molecular weight is 408 g/mol. The predicted octanol–water partition coefficient (Wildman–Crippen LogP) is 4.77. The Balaban J connectivity index is 1.82. The molecule has 3 aromatic rings. The fraction of sp³-hybridized carbons (Fsp3) is 0.0435. The molecule has 0 fully saturated rings. The summed E-state index contributed by atoms with van der Waals surface area (Å²) in [6, 6.07) is 22.7. The molecule has 3 aromatic carbocycles. The number of aliphatic carboxylic acids is 1. The van der Waals surface area contributed by atoms with Crippen LogP contribution in [0.5, 0.6) is 5.75 Å². The van der Waals surface area contributed by atoms with Crippen molar-refractivity contribution in [1.82, 2.24) is 5.32 Å². The van der Waals surface area contributed by atoms with E-state index in [4.69, 9.17) is 16.3 Å². The van der Waals surface area contributed by atoms with Crippen molar-refractivity contribution in [2.45, 2.75) is 6.61 Å². The fourth-order valence-electron chi connectivity index (χ4n) is 2.59. The number of carbonyl (C=O) groups is 2. The van der Waals surface area contributed by atoms with Gasteiger partial charge in [0.15, 0.2) is 0 Å². The minimum Gasteiger partial charge on any atom is -0.488 e. The van der Waals surface area contributed by atoms with E-state index in [1.54, 1.807) is 60.7 Å². The number of halogens is 1. The Labute approximate surface area is 173 Å². The Bertz CT molecular complexity index is 1050. The van der Waals surface area contributed by atoms with Gasteiger partial charge in [0.25, 0.3) is 5.91 Å². The van der Waals surface area contributed by atoms with E-state index in [1.807, 2.05) is 18.2 Å². The standard InChI is InChI=1S/C23H18ClNO4/c24-19-12-6-4-11-18(19)15-29-21-13-7-5-10-17(21)14-20(23(27)28)25-22(26)16-8-2-1-3-9-16/h1-14H,15H2,(H,25,26)(H,27,28). The molecule has 0 aliphatic carbocycles. The van der Waals surface area contributed by atoms with Gasteiger partial charge in [-0.2, -0.15) is 0 Å². The van der Waals surface area contributed by atoms with Crippen molar-refractivity contribution in [2.24, 2.45) is 0 Å². The first-order valence-electron chi connectivity index (χ1n) is 8.81. The summed E-state index contributed by atoms with van der Waals surface area (Å²) in [6.07, 6.45) is 1.37. The van der Waals surface area contributed by atoms with Crippen LogP contribution in [0.1, 0.15) is 21.5 Å². The Morgan fingerprint density at radius 1 is 0.931 bits per heavy atom. The third-order valence-electron chi connectivity index (χ3n) is 4.07. The zero-order valence-electron chi connectivity index (χ0n) is 15.3. The molecule has 6 heteroatoms. The van der Waals surface area contributed by atoms with Gasteiger partial charge in [-0.15, -0.1) is 0 Å². The first-order chi connectivity index (χ1) is 14.0. The normalized spacial score (nSPS) is 11.0. The molecule has 0 heterocycles. The lowest BCUT2D eigenvalue weighted by Crippen LogP contribution is -2.27. The molecule has 0 saturated heterocycles. The highest BCUT2D eigenvalue weighted by atomic mass is 35.5. The highest BCUT2D eigenvalue weighted by Crippen LogP contribution is 2.24. The van der Waals surface area contributed by atoms with Crippen LogP contribution in [-0.2, 0) is 11.4 Å². The van der Waals surface area contributed by atoms with Crippen molar-refractivity contribution < 1.29 is 19.4 Å². The van der Waals surface area contributed by atoms with Crippen LogP contribution in [0.2, 0.25) is 5.02 Å². The fourth-order valence-corrected chi connectivity index (χ4v) is 2.78. The molecule has 0 bridgehead atoms. The molecule has 146 valence electrons. The number of para-hydroxylation sites is 1. The van der Waals surface area contributed by atoms with Crippen molar-refractivity contribution >= 4 is 29.6 Å². The number of benzene rings is 3. The largest absolute Gasteiger partial charge is 0.488 e. The van der Waals surface area contributed by atoms with Crippen LogP contribution in [0.25, 0.3) is 6.08 Å². The molecule has 0 saturated carbocycles. The number of hydrogen-bond acceptors (Lipinski definition) is 3. The molecule has 0 unspecified atom stereocenters. The molecule has 0 aromatic heterocycles. The summed E-state index contributed by atoms with van der Waals surface area (Å²) in [5.41, 5.74) is 1.43. The van der Waals surface area contributed by atoms with Gasteiger partial charge in [0.05, 0.1) is 0 Å². The zero-order chi connectivity index (χ0) is 20.6. The summed E-state index contributed by atoms with van der Waals surface area (Å²) < 4.78 is 5.84. The number of carboxylic acids is 1. The summed E-state index contributed by atoms with van der Waals surface area (Å²) in [5.74, 6) is -1.29. The minimum absolute atomic E-state index is 0.226. The molecule has 1 amide bonds. The second-order valence-corrected chi connectivity index (χ2v) is 6.51. The van der Waals surface area contributed by atoms with E-state index in [2.05, 4.69) is 5.32 Å². The van der Waals surface area contributed by atoms with Gasteiger partial charge in [-0.05, 0) is 30.3 Å². The highest BCUT2D eigenvalue weighted by Gasteiger charge is 2.14. The number of hydrogen-bond donors (Lipinski definition) is 2. The Hall–Kier alpha value is -3.57. The van der Waals surface area contributed by atoms with Crippen LogP contribution in [-0.4, -0.2) is 17.0 Å². The molecule has 3 rings (SSSR count). The van der Waals surface area contributed by atoms with Gasteiger partial charge in [-0.1, -0.05) is 66.2 Å². The molecule has 2 N–H and O–H groups in total. The smallest absolute Gasteiger partial charge is 0.352 e. The van der Waals surface area contributed by atoms with Crippen LogP contribution in [0.15, 0.2) is 84.6 Å². The van der Waals surface area contributed by atoms with Crippen LogP contribution >= 0.6 is 11.6 Å². The number of carboxylic acid groups (broad SMARTS) is 1. The van der Waals surface area contributed by atoms with Gasteiger partial charge in [0.2, 0.25) is 0 Å². The van der Waals surface area contributed by atoms with Crippen molar-refractivity contribution in [1.29, 1.82) is 0 Å². The molecule has 0 aliphatic rings. The first-order valence-corrected chi connectivity index (χ1v) is 9.19. The summed E-state index contributed by atoms with van der Waals surface area (Å²) in [6.45, 7) is 0.226. The van der Waals surface area contributed by atoms with E-state index in [0.29, 0.717) is 21.9 Å². The predicted molar refractivity (Wildman–Crippen MR) is 112 cm³/mol. The maximum absolute atomic E-state index is 12.3. The Morgan fingerprint density at radius 3 is 2.31 bits per heavy atom. The maximum Gasteiger partial charge on any atom is 0.352 e. The molecule has 0 spiro atoms. The maximum atomic E-state index is 12.3.